The Labute approximate surface area is 115 Å². The molecule has 1 fully saturated rings. The number of benzene rings is 1. The highest BCUT2D eigenvalue weighted by Gasteiger charge is 2.10. The first-order valence-electron chi connectivity index (χ1n) is 6.37. The van der Waals surface area contributed by atoms with Gasteiger partial charge in [-0.15, -0.1) is 5.10 Å². The van der Waals surface area contributed by atoms with Gasteiger partial charge < -0.3 is 9.64 Å². The highest BCUT2D eigenvalue weighted by Crippen LogP contribution is 2.15. The molecule has 0 amide bonds. The molecule has 8 nitrogen and oxygen atoms in total. The lowest BCUT2D eigenvalue weighted by Gasteiger charge is -2.28. The summed E-state index contributed by atoms with van der Waals surface area (Å²) in [5, 5.41) is 17.3. The summed E-state index contributed by atoms with van der Waals surface area (Å²) in [5.74, 6) is 0.339. The lowest BCUT2D eigenvalue weighted by atomic mass is 10.2. The van der Waals surface area contributed by atoms with Gasteiger partial charge in [0.05, 0.1) is 19.4 Å². The molecule has 1 aromatic heterocycles. The maximum absolute atomic E-state index is 5.34. The summed E-state index contributed by atoms with van der Waals surface area (Å²) < 4.78 is 5.34. The normalized spacial score (nSPS) is 15.7. The van der Waals surface area contributed by atoms with E-state index in [-0.39, 0.29) is 0 Å². The van der Waals surface area contributed by atoms with Crippen LogP contribution < -0.4 is 10.3 Å². The number of hydrogen-bond acceptors (Lipinski definition) is 7. The lowest BCUT2D eigenvalue weighted by molar-refractivity contribution is 0.122. The SMILES string of the molecule is C(=N/Nc1nn[nH]n1)/c1ccc(N2CCOCC2)cc1. The minimum atomic E-state index is 0.339. The number of nitrogens with one attached hydrogen (secondary N) is 2. The van der Waals surface area contributed by atoms with Gasteiger partial charge in [-0.2, -0.15) is 10.3 Å². The monoisotopic (exact) mass is 273 g/mol. The van der Waals surface area contributed by atoms with Crippen LogP contribution in [0.5, 0.6) is 0 Å². The van der Waals surface area contributed by atoms with Crippen molar-refractivity contribution < 1.29 is 4.74 Å². The van der Waals surface area contributed by atoms with Crippen molar-refractivity contribution >= 4 is 17.9 Å². The number of aromatic amines is 1. The average Bonchev–Trinajstić information content (AvgIpc) is 3.02. The summed E-state index contributed by atoms with van der Waals surface area (Å²) in [7, 11) is 0. The highest BCUT2D eigenvalue weighted by molar-refractivity contribution is 5.80. The summed E-state index contributed by atoms with van der Waals surface area (Å²) >= 11 is 0. The van der Waals surface area contributed by atoms with Crippen LogP contribution in [-0.4, -0.2) is 53.1 Å². The van der Waals surface area contributed by atoms with Crippen molar-refractivity contribution in [1.82, 2.24) is 20.6 Å². The molecule has 2 heterocycles. The van der Waals surface area contributed by atoms with Crippen LogP contribution in [-0.2, 0) is 4.74 Å². The van der Waals surface area contributed by atoms with Gasteiger partial charge in [-0.3, -0.25) is 0 Å². The van der Waals surface area contributed by atoms with Crippen LogP contribution in [0.2, 0.25) is 0 Å². The number of hydrazone groups is 1. The average molecular weight is 273 g/mol. The van der Waals surface area contributed by atoms with Crippen LogP contribution in [0.1, 0.15) is 5.56 Å². The van der Waals surface area contributed by atoms with Crippen LogP contribution in [0.3, 0.4) is 0 Å². The summed E-state index contributed by atoms with van der Waals surface area (Å²) in [6, 6.07) is 8.21. The molecule has 0 aliphatic carbocycles. The van der Waals surface area contributed by atoms with E-state index in [9.17, 15) is 0 Å². The van der Waals surface area contributed by atoms with E-state index in [0.717, 1.165) is 31.9 Å². The molecule has 3 rings (SSSR count). The Bertz CT molecular complexity index is 546. The van der Waals surface area contributed by atoms with Crippen molar-refractivity contribution in [2.75, 3.05) is 36.6 Å². The first-order chi connectivity index (χ1) is 9.92. The third kappa shape index (κ3) is 3.09. The van der Waals surface area contributed by atoms with E-state index < -0.39 is 0 Å². The summed E-state index contributed by atoms with van der Waals surface area (Å²) in [6.07, 6.45) is 1.71. The van der Waals surface area contributed by atoms with Crippen LogP contribution in [0.15, 0.2) is 29.4 Å². The predicted octanol–water partition coefficient (Wildman–Crippen LogP) is 0.482. The molecule has 1 aromatic carbocycles. The predicted molar refractivity (Wildman–Crippen MR) is 74.9 cm³/mol. The van der Waals surface area contributed by atoms with Crippen molar-refractivity contribution in [3.05, 3.63) is 29.8 Å². The van der Waals surface area contributed by atoms with Gasteiger partial charge in [0.2, 0.25) is 0 Å². The molecule has 104 valence electrons. The molecular formula is C12H15N7O. The molecule has 1 aliphatic heterocycles. The number of aromatic nitrogens is 4. The first kappa shape index (κ1) is 12.5. The zero-order valence-corrected chi connectivity index (χ0v) is 10.9. The van der Waals surface area contributed by atoms with Crippen molar-refractivity contribution in [3.63, 3.8) is 0 Å². The Morgan fingerprint density at radius 2 is 2.05 bits per heavy atom. The van der Waals surface area contributed by atoms with E-state index in [1.54, 1.807) is 6.21 Å². The third-order valence-electron chi connectivity index (χ3n) is 2.99. The van der Waals surface area contributed by atoms with Gasteiger partial charge in [0.1, 0.15) is 0 Å². The highest BCUT2D eigenvalue weighted by atomic mass is 16.5. The van der Waals surface area contributed by atoms with Gasteiger partial charge in [-0.1, -0.05) is 17.2 Å². The standard InChI is InChI=1S/C12H15N7O/c1-3-11(19-5-7-20-8-6-19)4-2-10(1)9-13-14-12-15-17-18-16-12/h1-4,9H,5-8H2,(H2,14,15,16,17,18)/b13-9-. The molecule has 20 heavy (non-hydrogen) atoms. The molecule has 1 saturated heterocycles. The van der Waals surface area contributed by atoms with Crippen molar-refractivity contribution in [2.24, 2.45) is 5.10 Å². The topological polar surface area (TPSA) is 91.3 Å². The van der Waals surface area contributed by atoms with Crippen molar-refractivity contribution in [1.29, 1.82) is 0 Å². The number of morpholine rings is 1. The zero-order valence-electron chi connectivity index (χ0n) is 10.9. The van der Waals surface area contributed by atoms with Crippen molar-refractivity contribution in [2.45, 2.75) is 0 Å². The van der Waals surface area contributed by atoms with Crippen LogP contribution in [0, 0.1) is 0 Å². The molecule has 2 N–H and O–H groups in total. The van der Waals surface area contributed by atoms with E-state index in [4.69, 9.17) is 4.74 Å². The summed E-state index contributed by atoms with van der Waals surface area (Å²) in [5.41, 5.74) is 4.88. The number of hydrogen-bond donors (Lipinski definition) is 2. The fourth-order valence-corrected chi connectivity index (χ4v) is 1.97. The number of H-pyrrole nitrogens is 1. The van der Waals surface area contributed by atoms with E-state index in [0.29, 0.717) is 5.95 Å². The number of nitrogens with zero attached hydrogens (tertiary/aromatic N) is 5. The quantitative estimate of drug-likeness (QED) is 0.622. The smallest absolute Gasteiger partial charge is 0.283 e. The minimum Gasteiger partial charge on any atom is -0.378 e. The fourth-order valence-electron chi connectivity index (χ4n) is 1.97. The van der Waals surface area contributed by atoms with Gasteiger partial charge in [-0.05, 0) is 22.9 Å². The molecule has 0 bridgehead atoms. The first-order valence-corrected chi connectivity index (χ1v) is 6.37. The maximum atomic E-state index is 5.34. The van der Waals surface area contributed by atoms with Gasteiger partial charge in [0, 0.05) is 18.8 Å². The Hall–Kier alpha value is -2.48. The van der Waals surface area contributed by atoms with Gasteiger partial charge in [0.25, 0.3) is 5.95 Å². The summed E-state index contributed by atoms with van der Waals surface area (Å²) in [6.45, 7) is 3.45. The van der Waals surface area contributed by atoms with Crippen LogP contribution in [0.4, 0.5) is 11.6 Å². The largest absolute Gasteiger partial charge is 0.378 e. The molecular weight excluding hydrogens is 258 g/mol. The Balaban J connectivity index is 1.59. The van der Waals surface area contributed by atoms with E-state index in [1.165, 1.54) is 5.69 Å². The molecule has 0 unspecified atom stereocenters. The van der Waals surface area contributed by atoms with Gasteiger partial charge in [-0.25, -0.2) is 5.43 Å². The Kier molecular flexibility index (Phi) is 3.83. The number of rotatable bonds is 4. The number of anilines is 2. The molecule has 1 aliphatic rings. The summed E-state index contributed by atoms with van der Waals surface area (Å²) in [4.78, 5) is 2.31. The zero-order chi connectivity index (χ0) is 13.6. The van der Waals surface area contributed by atoms with E-state index in [2.05, 4.69) is 48.2 Å². The lowest BCUT2D eigenvalue weighted by Crippen LogP contribution is -2.36. The third-order valence-corrected chi connectivity index (χ3v) is 2.99. The molecule has 0 radical (unpaired) electrons. The van der Waals surface area contributed by atoms with Gasteiger partial charge in [0.15, 0.2) is 0 Å². The van der Waals surface area contributed by atoms with Crippen LogP contribution >= 0.6 is 0 Å². The molecule has 8 heteroatoms. The Morgan fingerprint density at radius 1 is 1.25 bits per heavy atom. The second-order valence-corrected chi connectivity index (χ2v) is 4.30. The maximum Gasteiger partial charge on any atom is 0.283 e. The molecule has 2 aromatic rings. The number of tetrazole rings is 1. The van der Waals surface area contributed by atoms with Crippen molar-refractivity contribution in [3.8, 4) is 0 Å². The molecule has 0 saturated carbocycles. The minimum absolute atomic E-state index is 0.339. The molecule has 0 atom stereocenters. The van der Waals surface area contributed by atoms with E-state index in [1.807, 2.05) is 12.1 Å². The second kappa shape index (κ2) is 6.11. The van der Waals surface area contributed by atoms with Gasteiger partial charge >= 0.3 is 0 Å². The number of ether oxygens (including phenoxy) is 1. The fraction of sp³-hybridized carbons (Fsp3) is 0.333. The Morgan fingerprint density at radius 3 is 2.75 bits per heavy atom. The molecule has 0 spiro atoms. The van der Waals surface area contributed by atoms with E-state index >= 15 is 0 Å². The second-order valence-electron chi connectivity index (χ2n) is 4.30. The van der Waals surface area contributed by atoms with Crippen LogP contribution in [0.25, 0.3) is 0 Å².